The molecule has 2 atom stereocenters. The third-order valence-corrected chi connectivity index (χ3v) is 6.59. The summed E-state index contributed by atoms with van der Waals surface area (Å²) in [6.07, 6.45) is 0.683. The number of rotatable bonds is 9. The molecular weight excluding hydrogens is 422 g/mol. The lowest BCUT2D eigenvalue weighted by Crippen LogP contribution is -2.30. The molecule has 1 heterocycles. The van der Waals surface area contributed by atoms with E-state index in [1.165, 1.54) is 17.7 Å². The van der Waals surface area contributed by atoms with Crippen molar-refractivity contribution in [3.8, 4) is 11.5 Å². The summed E-state index contributed by atoms with van der Waals surface area (Å²) in [5, 5.41) is 3.98. The largest absolute Gasteiger partial charge is 0.494 e. The van der Waals surface area contributed by atoms with Crippen molar-refractivity contribution in [3.63, 3.8) is 0 Å². The molecule has 0 saturated heterocycles. The summed E-state index contributed by atoms with van der Waals surface area (Å²) in [4.78, 5) is 13.5. The highest BCUT2D eigenvalue weighted by molar-refractivity contribution is 8.00. The molecule has 166 valence electrons. The Morgan fingerprint density at radius 1 is 1.00 bits per heavy atom. The number of carbonyl (C=O) groups excluding carboxylic acids is 1. The van der Waals surface area contributed by atoms with Crippen LogP contribution in [0.5, 0.6) is 11.5 Å². The number of methoxy groups -OCH3 is 1. The average molecular weight is 450 g/mol. The molecule has 0 amide bonds. The Hall–Kier alpha value is -3.12. The van der Waals surface area contributed by atoms with Gasteiger partial charge in [-0.1, -0.05) is 42.5 Å². The third kappa shape index (κ3) is 5.98. The van der Waals surface area contributed by atoms with Gasteiger partial charge in [0, 0.05) is 28.8 Å². The van der Waals surface area contributed by atoms with E-state index in [4.69, 9.17) is 14.2 Å². The second-order valence-electron chi connectivity index (χ2n) is 7.54. The van der Waals surface area contributed by atoms with Gasteiger partial charge >= 0.3 is 5.97 Å². The quantitative estimate of drug-likeness (QED) is 0.453. The Labute approximate surface area is 193 Å². The summed E-state index contributed by atoms with van der Waals surface area (Å²) in [5.74, 6) is 1.07. The van der Waals surface area contributed by atoms with Crippen LogP contribution in [0.25, 0.3) is 0 Å². The van der Waals surface area contributed by atoms with E-state index in [0.29, 0.717) is 24.0 Å². The summed E-state index contributed by atoms with van der Waals surface area (Å²) < 4.78 is 16.7. The molecule has 6 heteroatoms. The first-order valence-electron chi connectivity index (χ1n) is 10.7. The molecule has 3 aromatic rings. The molecule has 0 fully saturated rings. The molecule has 1 aliphatic rings. The van der Waals surface area contributed by atoms with Crippen molar-refractivity contribution in [2.75, 3.05) is 25.6 Å². The van der Waals surface area contributed by atoms with Gasteiger partial charge in [0.15, 0.2) is 6.10 Å². The molecule has 32 heavy (non-hydrogen) atoms. The predicted octanol–water partition coefficient (Wildman–Crippen LogP) is 5.21. The van der Waals surface area contributed by atoms with Gasteiger partial charge in [-0.2, -0.15) is 0 Å². The molecule has 4 rings (SSSR count). The van der Waals surface area contributed by atoms with Crippen LogP contribution in [0.4, 0.5) is 5.69 Å². The topological polar surface area (TPSA) is 56.8 Å². The lowest BCUT2D eigenvalue weighted by atomic mass is 10.1. The van der Waals surface area contributed by atoms with Gasteiger partial charge in [0.2, 0.25) is 0 Å². The zero-order valence-electron chi connectivity index (χ0n) is 18.0. The molecule has 0 aromatic heterocycles. The van der Waals surface area contributed by atoms with Gasteiger partial charge in [0.05, 0.1) is 13.7 Å². The molecule has 3 aromatic carbocycles. The number of anilines is 1. The number of para-hydroxylation sites is 2. The number of hydrogen-bond acceptors (Lipinski definition) is 6. The summed E-state index contributed by atoms with van der Waals surface area (Å²) in [6, 6.07) is 25.5. The van der Waals surface area contributed by atoms with Crippen LogP contribution in [0, 0.1) is 0 Å². The van der Waals surface area contributed by atoms with Crippen molar-refractivity contribution >= 4 is 23.4 Å². The molecule has 2 unspecified atom stereocenters. The molecule has 0 aliphatic carbocycles. The number of thioether (sulfide) groups is 1. The Balaban J connectivity index is 1.27. The van der Waals surface area contributed by atoms with Crippen LogP contribution in [0.2, 0.25) is 0 Å². The summed E-state index contributed by atoms with van der Waals surface area (Å²) in [7, 11) is 1.37. The maximum atomic E-state index is 12.2. The van der Waals surface area contributed by atoms with Crippen LogP contribution < -0.4 is 14.8 Å². The Morgan fingerprint density at radius 2 is 1.75 bits per heavy atom. The van der Waals surface area contributed by atoms with E-state index in [0.717, 1.165) is 24.3 Å². The van der Waals surface area contributed by atoms with Crippen molar-refractivity contribution < 1.29 is 19.0 Å². The Kier molecular flexibility index (Phi) is 7.56. The number of hydrogen-bond donors (Lipinski definition) is 1. The lowest BCUT2D eigenvalue weighted by Gasteiger charge is -2.25. The highest BCUT2D eigenvalue weighted by atomic mass is 32.2. The maximum Gasteiger partial charge on any atom is 0.347 e. The molecule has 0 saturated carbocycles. The SMILES string of the molecule is COC(=O)C(Cc1ccc(OCCC2CNc3ccccc3S2)cc1)Oc1ccccc1. The molecule has 0 bridgehead atoms. The van der Waals surface area contributed by atoms with E-state index in [1.807, 2.05) is 66.4 Å². The van der Waals surface area contributed by atoms with E-state index < -0.39 is 12.1 Å². The predicted molar refractivity (Wildman–Crippen MR) is 128 cm³/mol. The number of ether oxygens (including phenoxy) is 3. The van der Waals surface area contributed by atoms with Gasteiger partial charge < -0.3 is 19.5 Å². The van der Waals surface area contributed by atoms with Crippen LogP contribution in [0.15, 0.2) is 83.8 Å². The fraction of sp³-hybridized carbons (Fsp3) is 0.269. The number of benzene rings is 3. The van der Waals surface area contributed by atoms with Crippen molar-refractivity contribution in [3.05, 3.63) is 84.4 Å². The second-order valence-corrected chi connectivity index (χ2v) is 8.89. The fourth-order valence-electron chi connectivity index (χ4n) is 3.53. The highest BCUT2D eigenvalue weighted by Crippen LogP contribution is 2.35. The zero-order chi connectivity index (χ0) is 22.2. The van der Waals surface area contributed by atoms with Crippen LogP contribution in [-0.2, 0) is 16.0 Å². The molecule has 0 radical (unpaired) electrons. The number of nitrogens with one attached hydrogen (secondary N) is 1. The van der Waals surface area contributed by atoms with E-state index in [1.54, 1.807) is 0 Å². The molecule has 1 N–H and O–H groups in total. The zero-order valence-corrected chi connectivity index (χ0v) is 18.8. The van der Waals surface area contributed by atoms with Crippen molar-refractivity contribution in [2.24, 2.45) is 0 Å². The van der Waals surface area contributed by atoms with Gasteiger partial charge in [-0.3, -0.25) is 0 Å². The number of carbonyl (C=O) groups is 1. The Morgan fingerprint density at radius 3 is 2.53 bits per heavy atom. The van der Waals surface area contributed by atoms with Crippen LogP contribution in [0.1, 0.15) is 12.0 Å². The molecule has 0 spiro atoms. The van der Waals surface area contributed by atoms with Gasteiger partial charge in [-0.05, 0) is 48.4 Å². The monoisotopic (exact) mass is 449 g/mol. The van der Waals surface area contributed by atoms with Crippen LogP contribution >= 0.6 is 11.8 Å². The summed E-state index contributed by atoms with van der Waals surface area (Å²) in [6.45, 7) is 1.60. The van der Waals surface area contributed by atoms with Gasteiger partial charge in [-0.25, -0.2) is 4.79 Å². The minimum atomic E-state index is -0.701. The first-order chi connectivity index (χ1) is 15.7. The number of fused-ring (bicyclic) bond motifs is 1. The van der Waals surface area contributed by atoms with E-state index in [-0.39, 0.29) is 0 Å². The molecule has 1 aliphatic heterocycles. The summed E-state index contributed by atoms with van der Waals surface area (Å²) >= 11 is 1.91. The summed E-state index contributed by atoms with van der Waals surface area (Å²) in [5.41, 5.74) is 2.19. The highest BCUT2D eigenvalue weighted by Gasteiger charge is 2.22. The number of esters is 1. The smallest absolute Gasteiger partial charge is 0.347 e. The van der Waals surface area contributed by atoms with Gasteiger partial charge in [0.25, 0.3) is 0 Å². The lowest BCUT2D eigenvalue weighted by molar-refractivity contribution is -0.148. The van der Waals surface area contributed by atoms with E-state index in [2.05, 4.69) is 29.6 Å². The average Bonchev–Trinajstić information content (AvgIpc) is 2.85. The molecule has 5 nitrogen and oxygen atoms in total. The van der Waals surface area contributed by atoms with Crippen molar-refractivity contribution in [2.45, 2.75) is 29.1 Å². The fourth-order valence-corrected chi connectivity index (χ4v) is 4.70. The molecular formula is C26H27NO4S. The standard InChI is InChI=1S/C26H27NO4S/c1-29-26(28)24(31-21-7-3-2-4-8-21)17-19-11-13-20(14-12-19)30-16-15-22-18-27-23-9-5-6-10-25(23)32-22/h2-14,22,24,27H,15-18H2,1H3. The second kappa shape index (κ2) is 11.0. The first-order valence-corrected chi connectivity index (χ1v) is 11.6. The Bertz CT molecular complexity index is 1010. The minimum Gasteiger partial charge on any atom is -0.494 e. The first kappa shape index (κ1) is 22.1. The van der Waals surface area contributed by atoms with Crippen molar-refractivity contribution in [1.29, 1.82) is 0 Å². The maximum absolute atomic E-state index is 12.2. The van der Waals surface area contributed by atoms with E-state index in [9.17, 15) is 4.79 Å². The van der Waals surface area contributed by atoms with Gasteiger partial charge in [0.1, 0.15) is 11.5 Å². The minimum absolute atomic E-state index is 0.394. The van der Waals surface area contributed by atoms with Crippen LogP contribution in [0.3, 0.4) is 0 Å². The third-order valence-electron chi connectivity index (χ3n) is 5.24. The van der Waals surface area contributed by atoms with Crippen molar-refractivity contribution in [1.82, 2.24) is 0 Å². The van der Waals surface area contributed by atoms with Gasteiger partial charge in [-0.15, -0.1) is 11.8 Å². The normalized spacial score (nSPS) is 15.7. The van der Waals surface area contributed by atoms with Crippen LogP contribution in [-0.4, -0.2) is 37.6 Å². The van der Waals surface area contributed by atoms with E-state index >= 15 is 0 Å².